The number of carboxylic acids is 1. The van der Waals surface area contributed by atoms with Crippen LogP contribution >= 0.6 is 0 Å². The van der Waals surface area contributed by atoms with Crippen molar-refractivity contribution < 1.29 is 69.9 Å². The number of carboxylic acid groups (broad SMARTS) is 1. The minimum Gasteiger partial charge on any atom is -0.481 e. The number of hydrogen-bond acceptors (Lipinski definition) is 14. The molecule has 0 heterocycles. The fourth-order valence-electron chi connectivity index (χ4n) is 3.33. The molecule has 1 aromatic rings. The Bertz CT molecular complexity index is 962. The van der Waals surface area contributed by atoms with Gasteiger partial charge in [-0.1, -0.05) is 18.2 Å². The van der Waals surface area contributed by atoms with Crippen LogP contribution < -0.4 is 0 Å². The summed E-state index contributed by atoms with van der Waals surface area (Å²) in [6.07, 6.45) is 1.21. The largest absolute Gasteiger partial charge is 0.481 e. The molecule has 0 aliphatic heterocycles. The number of esters is 1. The Kier molecular flexibility index (Phi) is 27.3. The van der Waals surface area contributed by atoms with Crippen LogP contribution in [0.15, 0.2) is 35.2 Å². The highest BCUT2D eigenvalue weighted by Gasteiger charge is 2.13. The Morgan fingerprint density at radius 3 is 1.24 bits per heavy atom. The van der Waals surface area contributed by atoms with Gasteiger partial charge >= 0.3 is 11.9 Å². The van der Waals surface area contributed by atoms with Crippen LogP contribution in [0.3, 0.4) is 0 Å². The number of unbranched alkanes of at least 4 members (excludes halogenated alkanes) is 1. The Hall–Kier alpha value is -2.25. The minimum absolute atomic E-state index is 0.0533. The molecule has 0 aromatic heterocycles. The second kappa shape index (κ2) is 30.1. The van der Waals surface area contributed by atoms with E-state index in [0.29, 0.717) is 105 Å². The molecule has 15 nitrogen and oxygen atoms in total. The van der Waals surface area contributed by atoms with Crippen molar-refractivity contribution >= 4 is 22.1 Å². The van der Waals surface area contributed by atoms with E-state index in [1.54, 1.807) is 18.2 Å². The molecule has 1 aromatic carbocycles. The molecule has 266 valence electrons. The van der Waals surface area contributed by atoms with E-state index in [1.807, 2.05) is 0 Å². The molecular formula is C30H50O15S. The number of rotatable bonds is 34. The lowest BCUT2D eigenvalue weighted by Crippen LogP contribution is -2.16. The van der Waals surface area contributed by atoms with Gasteiger partial charge in [0.2, 0.25) is 0 Å². The Labute approximate surface area is 271 Å². The van der Waals surface area contributed by atoms with Crippen molar-refractivity contribution in [3.63, 3.8) is 0 Å². The topological polar surface area (TPSA) is 181 Å². The Balaban J connectivity index is 1.69. The zero-order valence-corrected chi connectivity index (χ0v) is 27.3. The molecule has 0 aliphatic carbocycles. The summed E-state index contributed by atoms with van der Waals surface area (Å²) in [7, 11) is -3.77. The lowest BCUT2D eigenvalue weighted by molar-refractivity contribution is -0.146. The minimum atomic E-state index is -3.77. The van der Waals surface area contributed by atoms with Gasteiger partial charge in [-0.3, -0.25) is 13.8 Å². The molecule has 16 heteroatoms. The number of aliphatic carboxylic acids is 1. The highest BCUT2D eigenvalue weighted by atomic mass is 32.2. The molecule has 0 amide bonds. The molecule has 0 fully saturated rings. The van der Waals surface area contributed by atoms with Gasteiger partial charge in [0.15, 0.2) is 0 Å². The fourth-order valence-corrected chi connectivity index (χ4v) is 4.25. The average molecular weight is 683 g/mol. The number of carbonyl (C=O) groups is 2. The van der Waals surface area contributed by atoms with Gasteiger partial charge in [-0.15, -0.1) is 0 Å². The van der Waals surface area contributed by atoms with Gasteiger partial charge in [0, 0.05) is 12.8 Å². The summed E-state index contributed by atoms with van der Waals surface area (Å²) >= 11 is 0. The fraction of sp³-hybridized carbons (Fsp3) is 0.733. The van der Waals surface area contributed by atoms with E-state index in [4.69, 9.17) is 51.9 Å². The van der Waals surface area contributed by atoms with Crippen LogP contribution in [0.1, 0.15) is 25.7 Å². The molecule has 0 atom stereocenters. The third-order valence-electron chi connectivity index (χ3n) is 5.61. The highest BCUT2D eigenvalue weighted by Crippen LogP contribution is 2.10. The quantitative estimate of drug-likeness (QED) is 0.0630. The van der Waals surface area contributed by atoms with E-state index in [0.717, 1.165) is 0 Å². The predicted octanol–water partition coefficient (Wildman–Crippen LogP) is 1.71. The second-order valence-electron chi connectivity index (χ2n) is 9.31. The van der Waals surface area contributed by atoms with Gasteiger partial charge in [0.1, 0.15) is 6.61 Å². The summed E-state index contributed by atoms with van der Waals surface area (Å²) in [5, 5.41) is 8.54. The summed E-state index contributed by atoms with van der Waals surface area (Å²) in [5.74, 6) is -1.22. The second-order valence-corrected chi connectivity index (χ2v) is 10.9. The molecule has 0 spiro atoms. The third-order valence-corrected chi connectivity index (χ3v) is 6.94. The van der Waals surface area contributed by atoms with Crippen molar-refractivity contribution in [1.29, 1.82) is 0 Å². The van der Waals surface area contributed by atoms with Crippen molar-refractivity contribution in [2.24, 2.45) is 0 Å². The molecule has 0 aliphatic rings. The van der Waals surface area contributed by atoms with Crippen LogP contribution in [-0.2, 0) is 66.5 Å². The summed E-state index contributed by atoms with van der Waals surface area (Å²) in [4.78, 5) is 22.0. The Morgan fingerprint density at radius 2 is 0.848 bits per heavy atom. The maximum atomic E-state index is 12.0. The van der Waals surface area contributed by atoms with Gasteiger partial charge in [-0.2, -0.15) is 8.42 Å². The standard InChI is InChI=1S/C30H50O15S/c31-29(32)8-4-5-9-30(33)44-26-24-42-22-20-40-18-16-38-14-12-36-10-11-37-13-15-39-17-19-41-21-23-43-25-27-45-46(34,35)28-6-2-1-3-7-28/h1-3,6-7H,4-5,8-27H2,(H,31,32). The van der Waals surface area contributed by atoms with Gasteiger partial charge in [-0.25, -0.2) is 0 Å². The number of benzene rings is 1. The maximum absolute atomic E-state index is 12.0. The van der Waals surface area contributed by atoms with Crippen LogP contribution in [-0.4, -0.2) is 144 Å². The van der Waals surface area contributed by atoms with E-state index in [2.05, 4.69) is 0 Å². The van der Waals surface area contributed by atoms with Crippen molar-refractivity contribution in [1.82, 2.24) is 0 Å². The first-order valence-corrected chi connectivity index (χ1v) is 16.8. The normalized spacial score (nSPS) is 11.6. The molecular weight excluding hydrogens is 632 g/mol. The Morgan fingerprint density at radius 1 is 0.500 bits per heavy atom. The lowest BCUT2D eigenvalue weighted by Gasteiger charge is -2.09. The first kappa shape index (κ1) is 41.8. The van der Waals surface area contributed by atoms with E-state index in [1.165, 1.54) is 12.1 Å². The van der Waals surface area contributed by atoms with E-state index in [9.17, 15) is 18.0 Å². The van der Waals surface area contributed by atoms with Gasteiger partial charge in [-0.05, 0) is 25.0 Å². The van der Waals surface area contributed by atoms with Crippen LogP contribution in [0, 0.1) is 0 Å². The highest BCUT2D eigenvalue weighted by molar-refractivity contribution is 7.86. The van der Waals surface area contributed by atoms with E-state index >= 15 is 0 Å². The third kappa shape index (κ3) is 26.9. The van der Waals surface area contributed by atoms with Crippen molar-refractivity contribution in [2.75, 3.05) is 119 Å². The lowest BCUT2D eigenvalue weighted by atomic mass is 10.2. The first-order chi connectivity index (χ1) is 22.4. The monoisotopic (exact) mass is 682 g/mol. The van der Waals surface area contributed by atoms with Crippen molar-refractivity contribution in [2.45, 2.75) is 30.6 Å². The van der Waals surface area contributed by atoms with Crippen LogP contribution in [0.2, 0.25) is 0 Å². The van der Waals surface area contributed by atoms with Crippen LogP contribution in [0.4, 0.5) is 0 Å². The molecule has 46 heavy (non-hydrogen) atoms. The average Bonchev–Trinajstić information content (AvgIpc) is 3.04. The van der Waals surface area contributed by atoms with Gasteiger partial charge < -0.3 is 47.7 Å². The zero-order valence-electron chi connectivity index (χ0n) is 26.5. The number of ether oxygens (including phenoxy) is 9. The number of hydrogen-bond donors (Lipinski definition) is 1. The molecule has 0 unspecified atom stereocenters. The smallest absolute Gasteiger partial charge is 0.305 e. The molecule has 0 radical (unpaired) electrons. The van der Waals surface area contributed by atoms with Gasteiger partial charge in [0.05, 0.1) is 117 Å². The van der Waals surface area contributed by atoms with Gasteiger partial charge in [0.25, 0.3) is 10.1 Å². The number of carbonyl (C=O) groups excluding carboxylic acids is 1. The van der Waals surface area contributed by atoms with E-state index < -0.39 is 16.1 Å². The van der Waals surface area contributed by atoms with Crippen LogP contribution in [0.5, 0.6) is 0 Å². The van der Waals surface area contributed by atoms with E-state index in [-0.39, 0.29) is 50.1 Å². The zero-order chi connectivity index (χ0) is 33.4. The predicted molar refractivity (Wildman–Crippen MR) is 163 cm³/mol. The van der Waals surface area contributed by atoms with Crippen molar-refractivity contribution in [3.05, 3.63) is 30.3 Å². The molecule has 0 bridgehead atoms. The molecule has 0 saturated carbocycles. The van der Waals surface area contributed by atoms with Crippen LogP contribution in [0.25, 0.3) is 0 Å². The summed E-state index contributed by atoms with van der Waals surface area (Å²) < 4.78 is 76.9. The first-order valence-electron chi connectivity index (χ1n) is 15.4. The summed E-state index contributed by atoms with van der Waals surface area (Å²) in [6.45, 7) is 6.30. The maximum Gasteiger partial charge on any atom is 0.305 e. The molecule has 1 N–H and O–H groups in total. The van der Waals surface area contributed by atoms with Crippen molar-refractivity contribution in [3.8, 4) is 0 Å². The molecule has 0 saturated heterocycles. The summed E-state index contributed by atoms with van der Waals surface area (Å²) in [6, 6.07) is 7.94. The molecule has 1 rings (SSSR count). The summed E-state index contributed by atoms with van der Waals surface area (Å²) in [5.41, 5.74) is 0. The SMILES string of the molecule is O=C(O)CCCCC(=O)OCCOCCOCCOCCOCCOCCOCCOCCOCCOS(=O)(=O)c1ccccc1.